The Kier molecular flexibility index (Phi) is 5.93. The van der Waals surface area contributed by atoms with Crippen molar-refractivity contribution in [2.24, 2.45) is 0 Å². The molecular weight excluding hydrogens is 451 g/mol. The Morgan fingerprint density at radius 2 is 1.70 bits per heavy atom. The molecule has 0 bridgehead atoms. The monoisotopic (exact) mass is 466 g/mol. The molecule has 4 rings (SSSR count). The molecule has 0 fully saturated rings. The fourth-order valence-electron chi connectivity index (χ4n) is 3.31. The number of rotatable bonds is 5. The first-order valence-electron chi connectivity index (χ1n) is 9.81. The summed E-state index contributed by atoms with van der Waals surface area (Å²) < 4.78 is 18.5. The Balaban J connectivity index is 1.50. The SMILES string of the molecule is CC(OC(=O)c1ccc2c(c1)C(=O)N(c1ccccc1Cl)C2=O)C(=O)Nc1cccc(F)c1. The molecule has 166 valence electrons. The standard InChI is InChI=1S/C24H16ClFN2O5/c1-13(21(29)27-16-6-4-5-15(26)12-16)33-24(32)14-9-10-17-18(11-14)23(31)28(22(17)30)20-8-3-2-7-19(20)25/h2-13H,1H3,(H,27,29). The summed E-state index contributed by atoms with van der Waals surface area (Å²) in [5.41, 5.74) is 0.572. The minimum Gasteiger partial charge on any atom is -0.449 e. The zero-order chi connectivity index (χ0) is 23.7. The first kappa shape index (κ1) is 22.2. The highest BCUT2D eigenvalue weighted by Crippen LogP contribution is 2.33. The van der Waals surface area contributed by atoms with Gasteiger partial charge in [-0.15, -0.1) is 0 Å². The van der Waals surface area contributed by atoms with Crippen LogP contribution in [0.4, 0.5) is 15.8 Å². The normalized spacial score (nSPS) is 13.5. The van der Waals surface area contributed by atoms with Crippen LogP contribution in [0.3, 0.4) is 0 Å². The first-order valence-corrected chi connectivity index (χ1v) is 10.2. The molecule has 1 unspecified atom stereocenters. The molecule has 33 heavy (non-hydrogen) atoms. The molecule has 0 saturated carbocycles. The maximum atomic E-state index is 13.3. The lowest BCUT2D eigenvalue weighted by Crippen LogP contribution is -2.30. The number of hydrogen-bond acceptors (Lipinski definition) is 5. The minimum atomic E-state index is -1.20. The van der Waals surface area contributed by atoms with Crippen LogP contribution in [0.1, 0.15) is 38.0 Å². The van der Waals surface area contributed by atoms with Crippen molar-refractivity contribution >= 4 is 46.7 Å². The fraction of sp³-hybridized carbons (Fsp3) is 0.0833. The van der Waals surface area contributed by atoms with Gasteiger partial charge in [0.1, 0.15) is 5.82 Å². The number of nitrogens with zero attached hydrogens (tertiary/aromatic N) is 1. The van der Waals surface area contributed by atoms with Gasteiger partial charge in [-0.1, -0.05) is 29.8 Å². The highest BCUT2D eigenvalue weighted by molar-refractivity contribution is 6.39. The number of benzene rings is 3. The number of carbonyl (C=O) groups is 4. The molecule has 1 aliphatic heterocycles. The zero-order valence-electron chi connectivity index (χ0n) is 17.2. The van der Waals surface area contributed by atoms with Gasteiger partial charge in [-0.25, -0.2) is 14.1 Å². The van der Waals surface area contributed by atoms with E-state index in [1.165, 1.54) is 49.4 Å². The van der Waals surface area contributed by atoms with Crippen LogP contribution in [0.25, 0.3) is 0 Å². The van der Waals surface area contributed by atoms with Gasteiger partial charge in [0.2, 0.25) is 0 Å². The Hall–Kier alpha value is -4.04. The number of fused-ring (bicyclic) bond motifs is 1. The van der Waals surface area contributed by atoms with Crippen molar-refractivity contribution < 1.29 is 28.3 Å². The summed E-state index contributed by atoms with van der Waals surface area (Å²) in [6, 6.07) is 15.6. The van der Waals surface area contributed by atoms with Crippen molar-refractivity contribution in [1.82, 2.24) is 0 Å². The molecule has 3 amide bonds. The van der Waals surface area contributed by atoms with E-state index in [2.05, 4.69) is 5.32 Å². The van der Waals surface area contributed by atoms with Crippen molar-refractivity contribution in [2.45, 2.75) is 13.0 Å². The number of anilines is 2. The summed E-state index contributed by atoms with van der Waals surface area (Å²) in [7, 11) is 0. The van der Waals surface area contributed by atoms with Crippen LogP contribution in [0.15, 0.2) is 66.7 Å². The van der Waals surface area contributed by atoms with Crippen molar-refractivity contribution in [1.29, 1.82) is 0 Å². The molecule has 1 N–H and O–H groups in total. The van der Waals surface area contributed by atoms with Crippen LogP contribution < -0.4 is 10.2 Å². The molecule has 0 aromatic heterocycles. The van der Waals surface area contributed by atoms with E-state index in [4.69, 9.17) is 16.3 Å². The van der Waals surface area contributed by atoms with E-state index in [-0.39, 0.29) is 33.1 Å². The van der Waals surface area contributed by atoms with Crippen molar-refractivity contribution in [2.75, 3.05) is 10.2 Å². The molecule has 3 aromatic carbocycles. The summed E-state index contributed by atoms with van der Waals surface area (Å²) in [5, 5.41) is 2.68. The number of carbonyl (C=O) groups excluding carboxylic acids is 4. The number of esters is 1. The van der Waals surface area contributed by atoms with E-state index < -0.39 is 35.6 Å². The predicted octanol–water partition coefficient (Wildman–Crippen LogP) is 4.46. The summed E-state index contributed by atoms with van der Waals surface area (Å²) in [6.45, 7) is 1.35. The van der Waals surface area contributed by atoms with E-state index >= 15 is 0 Å². The van der Waals surface area contributed by atoms with Crippen LogP contribution in [0.5, 0.6) is 0 Å². The van der Waals surface area contributed by atoms with E-state index in [0.717, 1.165) is 11.0 Å². The Morgan fingerprint density at radius 1 is 0.970 bits per heavy atom. The molecule has 0 spiro atoms. The highest BCUT2D eigenvalue weighted by Gasteiger charge is 2.38. The van der Waals surface area contributed by atoms with Gasteiger partial charge in [0.15, 0.2) is 6.10 Å². The third kappa shape index (κ3) is 4.33. The van der Waals surface area contributed by atoms with Crippen LogP contribution >= 0.6 is 11.6 Å². The fourth-order valence-corrected chi connectivity index (χ4v) is 3.53. The van der Waals surface area contributed by atoms with Crippen molar-refractivity contribution in [3.8, 4) is 0 Å². The van der Waals surface area contributed by atoms with Gasteiger partial charge in [-0.2, -0.15) is 0 Å². The van der Waals surface area contributed by atoms with E-state index in [9.17, 15) is 23.6 Å². The highest BCUT2D eigenvalue weighted by atomic mass is 35.5. The molecule has 1 heterocycles. The zero-order valence-corrected chi connectivity index (χ0v) is 17.9. The van der Waals surface area contributed by atoms with E-state index in [1.807, 2.05) is 0 Å². The summed E-state index contributed by atoms with van der Waals surface area (Å²) in [6.07, 6.45) is -1.20. The number of nitrogens with one attached hydrogen (secondary N) is 1. The molecule has 0 saturated heterocycles. The summed E-state index contributed by atoms with van der Waals surface area (Å²) in [5.74, 6) is -3.25. The number of para-hydroxylation sites is 1. The molecular formula is C24H16ClFN2O5. The number of ether oxygens (including phenoxy) is 1. The third-order valence-electron chi connectivity index (χ3n) is 4.96. The van der Waals surface area contributed by atoms with Gasteiger partial charge in [-0.3, -0.25) is 14.4 Å². The molecule has 9 heteroatoms. The second-order valence-corrected chi connectivity index (χ2v) is 7.61. The number of hydrogen-bond donors (Lipinski definition) is 1. The number of amides is 3. The Morgan fingerprint density at radius 3 is 2.42 bits per heavy atom. The van der Waals surface area contributed by atoms with Gasteiger partial charge in [0.05, 0.1) is 27.4 Å². The van der Waals surface area contributed by atoms with Crippen molar-refractivity contribution in [3.05, 3.63) is 94.3 Å². The van der Waals surface area contributed by atoms with E-state index in [1.54, 1.807) is 18.2 Å². The quantitative estimate of drug-likeness (QED) is 0.442. The van der Waals surface area contributed by atoms with Gasteiger partial charge in [0, 0.05) is 5.69 Å². The van der Waals surface area contributed by atoms with Gasteiger partial charge in [-0.05, 0) is 55.5 Å². The van der Waals surface area contributed by atoms with E-state index in [0.29, 0.717) is 0 Å². The van der Waals surface area contributed by atoms with Crippen molar-refractivity contribution in [3.63, 3.8) is 0 Å². The first-order chi connectivity index (χ1) is 15.8. The predicted molar refractivity (Wildman–Crippen MR) is 119 cm³/mol. The lowest BCUT2D eigenvalue weighted by Gasteiger charge is -2.15. The van der Waals surface area contributed by atoms with Crippen LogP contribution in [-0.4, -0.2) is 29.8 Å². The van der Waals surface area contributed by atoms with Crippen LogP contribution in [-0.2, 0) is 9.53 Å². The average molecular weight is 467 g/mol. The Labute approximate surface area is 192 Å². The maximum absolute atomic E-state index is 13.3. The third-order valence-corrected chi connectivity index (χ3v) is 5.28. The average Bonchev–Trinajstić information content (AvgIpc) is 3.03. The lowest BCUT2D eigenvalue weighted by atomic mass is 10.1. The van der Waals surface area contributed by atoms with Gasteiger partial charge >= 0.3 is 5.97 Å². The lowest BCUT2D eigenvalue weighted by molar-refractivity contribution is -0.123. The van der Waals surface area contributed by atoms with Gasteiger partial charge in [0.25, 0.3) is 17.7 Å². The second-order valence-electron chi connectivity index (χ2n) is 7.20. The molecule has 0 aliphatic carbocycles. The van der Waals surface area contributed by atoms with Crippen LogP contribution in [0.2, 0.25) is 5.02 Å². The summed E-state index contributed by atoms with van der Waals surface area (Å²) in [4.78, 5) is 51.4. The number of imide groups is 1. The van der Waals surface area contributed by atoms with Gasteiger partial charge < -0.3 is 10.1 Å². The topological polar surface area (TPSA) is 92.8 Å². The minimum absolute atomic E-state index is 0.0127. The molecule has 0 radical (unpaired) electrons. The number of halogens is 2. The molecule has 1 atom stereocenters. The maximum Gasteiger partial charge on any atom is 0.338 e. The largest absolute Gasteiger partial charge is 0.449 e. The molecule has 1 aliphatic rings. The smallest absolute Gasteiger partial charge is 0.338 e. The second kappa shape index (κ2) is 8.84. The molecule has 7 nitrogen and oxygen atoms in total. The van der Waals surface area contributed by atoms with Crippen LogP contribution in [0, 0.1) is 5.82 Å². The molecule has 3 aromatic rings. The Bertz CT molecular complexity index is 1310. The summed E-state index contributed by atoms with van der Waals surface area (Å²) >= 11 is 6.13.